The van der Waals surface area contributed by atoms with Crippen LogP contribution in [0.5, 0.6) is 5.75 Å². The van der Waals surface area contributed by atoms with Crippen LogP contribution in [0.1, 0.15) is 54.2 Å². The van der Waals surface area contributed by atoms with Crippen LogP contribution in [0, 0.1) is 0 Å². The van der Waals surface area contributed by atoms with Crippen molar-refractivity contribution in [3.05, 3.63) is 95.1 Å². The number of hydrogen-bond donors (Lipinski definition) is 2. The fourth-order valence-electron chi connectivity index (χ4n) is 4.59. The molecule has 0 unspecified atom stereocenters. The Morgan fingerprint density at radius 1 is 0.911 bits per heavy atom. The summed E-state index contributed by atoms with van der Waals surface area (Å²) >= 11 is 0. The van der Waals surface area contributed by atoms with Crippen LogP contribution in [0.2, 0.25) is 0 Å². The van der Waals surface area contributed by atoms with Crippen LogP contribution in [0.15, 0.2) is 77.7 Å². The number of hydrogen-bond acceptors (Lipinski definition) is 8. The molecule has 1 fully saturated rings. The third-order valence-electron chi connectivity index (χ3n) is 6.90. The quantitative estimate of drug-likeness (QED) is 0.332. The number of ether oxygens (including phenoxy) is 2. The Bertz CT molecular complexity index is 1520. The highest BCUT2D eigenvalue weighted by molar-refractivity contribution is 7.85. The normalized spacial score (nSPS) is 14.3. The van der Waals surface area contributed by atoms with Gasteiger partial charge < -0.3 is 14.4 Å². The lowest BCUT2D eigenvalue weighted by Crippen LogP contribution is -2.39. The number of amides is 3. The lowest BCUT2D eigenvalue weighted by atomic mass is 10.1. The Kier molecular flexibility index (Phi) is 13.7. The minimum atomic E-state index is -4.00. The first-order chi connectivity index (χ1) is 21.6. The van der Waals surface area contributed by atoms with E-state index in [4.69, 9.17) is 14.0 Å². The van der Waals surface area contributed by atoms with Gasteiger partial charge in [0.05, 0.1) is 24.7 Å². The van der Waals surface area contributed by atoms with E-state index in [9.17, 15) is 22.8 Å². The van der Waals surface area contributed by atoms with Gasteiger partial charge >= 0.3 is 0 Å². The number of rotatable bonds is 9. The molecule has 3 amide bonds. The van der Waals surface area contributed by atoms with Crippen molar-refractivity contribution in [2.24, 2.45) is 0 Å². The number of fused-ring (bicyclic) bond motifs is 1. The molecule has 12 heteroatoms. The van der Waals surface area contributed by atoms with Crippen molar-refractivity contribution < 1.29 is 36.8 Å². The van der Waals surface area contributed by atoms with Crippen molar-refractivity contribution in [1.29, 1.82) is 0 Å². The van der Waals surface area contributed by atoms with Gasteiger partial charge in [0.15, 0.2) is 0 Å². The maximum atomic E-state index is 12.7. The zero-order valence-electron chi connectivity index (χ0n) is 25.9. The molecule has 0 aromatic heterocycles. The summed E-state index contributed by atoms with van der Waals surface area (Å²) in [5, 5.41) is 2.28. The Labute approximate surface area is 264 Å². The zero-order valence-corrected chi connectivity index (χ0v) is 26.7. The van der Waals surface area contributed by atoms with Crippen LogP contribution >= 0.6 is 0 Å². The van der Waals surface area contributed by atoms with Gasteiger partial charge in [0, 0.05) is 37.2 Å². The molecule has 0 bridgehead atoms. The van der Waals surface area contributed by atoms with Crippen LogP contribution in [0.4, 0.5) is 0 Å². The van der Waals surface area contributed by atoms with Gasteiger partial charge in [-0.25, -0.2) is 0 Å². The first kappa shape index (κ1) is 35.4. The van der Waals surface area contributed by atoms with E-state index >= 15 is 0 Å². The van der Waals surface area contributed by atoms with Crippen LogP contribution in [-0.2, 0) is 44.1 Å². The molecule has 2 heterocycles. The fraction of sp³-hybridized carbons (Fsp3) is 0.364. The molecule has 3 aromatic rings. The van der Waals surface area contributed by atoms with Crippen LogP contribution in [0.25, 0.3) is 0 Å². The summed E-state index contributed by atoms with van der Waals surface area (Å²) < 4.78 is 40.7. The van der Waals surface area contributed by atoms with E-state index in [2.05, 4.69) is 34.5 Å². The lowest BCUT2D eigenvalue weighted by molar-refractivity contribution is -0.130. The second kappa shape index (κ2) is 17.4. The smallest absolute Gasteiger partial charge is 0.294 e. The molecule has 2 aliphatic rings. The van der Waals surface area contributed by atoms with Gasteiger partial charge in [-0.15, -0.1) is 0 Å². The van der Waals surface area contributed by atoms with Gasteiger partial charge in [-0.2, -0.15) is 8.42 Å². The molecular weight excluding hydrogens is 598 g/mol. The average molecular weight is 640 g/mol. The predicted octanol–water partition coefficient (Wildman–Crippen LogP) is 4.07. The average Bonchev–Trinajstić information content (AvgIpc) is 3.37. The van der Waals surface area contributed by atoms with Crippen LogP contribution in [0.3, 0.4) is 0 Å². The minimum Gasteiger partial charge on any atom is -0.489 e. The number of nitrogens with zero attached hydrogens (tertiary/aromatic N) is 2. The van der Waals surface area contributed by atoms with Gasteiger partial charge in [0.1, 0.15) is 18.9 Å². The van der Waals surface area contributed by atoms with Gasteiger partial charge in [-0.3, -0.25) is 29.2 Å². The van der Waals surface area contributed by atoms with Crippen molar-refractivity contribution >= 4 is 27.8 Å². The summed E-state index contributed by atoms with van der Waals surface area (Å²) in [5.74, 6) is -0.445. The van der Waals surface area contributed by atoms with E-state index in [1.807, 2.05) is 19.9 Å². The molecule has 2 N–H and O–H groups in total. The minimum absolute atomic E-state index is 0.0741. The van der Waals surface area contributed by atoms with Gasteiger partial charge in [-0.1, -0.05) is 69.3 Å². The summed E-state index contributed by atoms with van der Waals surface area (Å²) in [5.41, 5.74) is 3.59. The fourth-order valence-corrected chi connectivity index (χ4v) is 5.09. The Morgan fingerprint density at radius 3 is 2.16 bits per heavy atom. The molecule has 3 aromatic carbocycles. The molecule has 1 saturated heterocycles. The van der Waals surface area contributed by atoms with E-state index in [0.717, 1.165) is 44.0 Å². The van der Waals surface area contributed by atoms with Crippen molar-refractivity contribution in [1.82, 2.24) is 15.1 Å². The standard InChI is InChI=1S/C25H29N3O5.C6H6O3S.C2H6/c1-2-23(29)26-24(30)16-28-15-21-20(25(28)31)4-3-5-22(21)33-17-19-8-6-18(7-9-19)14-27-10-12-32-13-11-27;7-10(8,9)6-4-2-1-3-5-6;1-2/h3-9H,2,10-17H2,1H3,(H,26,29,30);1-5H,(H,7,8,9);1-2H3. The van der Waals surface area contributed by atoms with Crippen molar-refractivity contribution in [3.8, 4) is 5.75 Å². The number of carbonyl (C=O) groups is 3. The van der Waals surface area contributed by atoms with Crippen molar-refractivity contribution in [2.75, 3.05) is 32.8 Å². The molecule has 0 saturated carbocycles. The number of imide groups is 1. The molecule has 0 spiro atoms. The van der Waals surface area contributed by atoms with E-state index in [0.29, 0.717) is 17.9 Å². The van der Waals surface area contributed by atoms with Crippen molar-refractivity contribution in [3.63, 3.8) is 0 Å². The highest BCUT2D eigenvalue weighted by Gasteiger charge is 2.31. The van der Waals surface area contributed by atoms with Gasteiger partial charge in [0.25, 0.3) is 16.0 Å². The molecule has 0 radical (unpaired) electrons. The summed E-state index contributed by atoms with van der Waals surface area (Å²) in [6.45, 7) is 10.6. The third kappa shape index (κ3) is 10.8. The second-order valence-corrected chi connectivity index (χ2v) is 11.5. The molecule has 45 heavy (non-hydrogen) atoms. The highest BCUT2D eigenvalue weighted by Crippen LogP contribution is 2.31. The van der Waals surface area contributed by atoms with E-state index in [1.54, 1.807) is 37.3 Å². The predicted molar refractivity (Wildman–Crippen MR) is 169 cm³/mol. The second-order valence-electron chi connectivity index (χ2n) is 10.1. The lowest BCUT2D eigenvalue weighted by Gasteiger charge is -2.26. The molecule has 242 valence electrons. The summed E-state index contributed by atoms with van der Waals surface area (Å²) in [6, 6.07) is 21.1. The van der Waals surface area contributed by atoms with E-state index < -0.39 is 16.0 Å². The SMILES string of the molecule is CC.CCC(=O)NC(=O)CN1Cc2c(OCc3ccc(CN4CCOCC4)cc3)cccc2C1=O.O=S(=O)(O)c1ccccc1. The van der Waals surface area contributed by atoms with Gasteiger partial charge in [0.2, 0.25) is 11.8 Å². The molecule has 5 rings (SSSR count). The molecule has 2 aliphatic heterocycles. The third-order valence-corrected chi connectivity index (χ3v) is 7.77. The highest BCUT2D eigenvalue weighted by atomic mass is 32.2. The van der Waals surface area contributed by atoms with Gasteiger partial charge in [-0.05, 0) is 35.4 Å². The Balaban J connectivity index is 0.000000389. The molecular formula is C33H41N3O8S. The number of morpholine rings is 1. The zero-order chi connectivity index (χ0) is 32.8. The molecule has 0 aliphatic carbocycles. The van der Waals surface area contributed by atoms with Crippen LogP contribution < -0.4 is 10.1 Å². The topological polar surface area (TPSA) is 143 Å². The monoisotopic (exact) mass is 639 g/mol. The largest absolute Gasteiger partial charge is 0.489 e. The molecule has 0 atom stereocenters. The van der Waals surface area contributed by atoms with Crippen molar-refractivity contribution in [2.45, 2.75) is 51.8 Å². The van der Waals surface area contributed by atoms with E-state index in [-0.39, 0.29) is 36.2 Å². The summed E-state index contributed by atoms with van der Waals surface area (Å²) in [7, 11) is -4.00. The summed E-state index contributed by atoms with van der Waals surface area (Å²) in [6.07, 6.45) is 0.214. The van der Waals surface area contributed by atoms with E-state index in [1.165, 1.54) is 22.6 Å². The molecule has 11 nitrogen and oxygen atoms in total. The first-order valence-electron chi connectivity index (χ1n) is 14.9. The maximum absolute atomic E-state index is 12.7. The number of benzene rings is 3. The maximum Gasteiger partial charge on any atom is 0.294 e. The number of carbonyl (C=O) groups excluding carboxylic acids is 3. The Morgan fingerprint density at radius 2 is 1.56 bits per heavy atom. The van der Waals surface area contributed by atoms with Crippen LogP contribution in [-0.4, -0.2) is 73.3 Å². The first-order valence-corrected chi connectivity index (χ1v) is 16.3. The Hall–Kier alpha value is -4.10. The number of nitrogens with one attached hydrogen (secondary N) is 1. The summed E-state index contributed by atoms with van der Waals surface area (Å²) in [4.78, 5) is 39.9.